The summed E-state index contributed by atoms with van der Waals surface area (Å²) in [5.74, 6) is -0.527. The Labute approximate surface area is 139 Å². The van der Waals surface area contributed by atoms with Gasteiger partial charge in [0.05, 0.1) is 12.8 Å². The van der Waals surface area contributed by atoms with E-state index >= 15 is 0 Å². The van der Waals surface area contributed by atoms with Crippen LogP contribution in [-0.2, 0) is 9.59 Å². The number of urea groups is 1. The molecule has 0 radical (unpaired) electrons. The zero-order chi connectivity index (χ0) is 17.1. The van der Waals surface area contributed by atoms with Crippen LogP contribution < -0.4 is 20.3 Å². The van der Waals surface area contributed by atoms with Crippen molar-refractivity contribution in [3.63, 3.8) is 0 Å². The van der Waals surface area contributed by atoms with Crippen molar-refractivity contribution in [2.75, 3.05) is 38.2 Å². The molecule has 8 heteroatoms. The topological polar surface area (TPSA) is 91.0 Å². The Hall–Kier alpha value is -3.03. The molecule has 2 heterocycles. The molecule has 0 saturated carbocycles. The molecule has 0 spiro atoms. The molecule has 0 atom stereocenters. The summed E-state index contributed by atoms with van der Waals surface area (Å²) in [7, 11) is 1.64. The van der Waals surface area contributed by atoms with E-state index in [2.05, 4.69) is 15.5 Å². The molecule has 8 nitrogen and oxygen atoms in total. The number of piperazine rings is 1. The molecule has 0 aliphatic carbocycles. The van der Waals surface area contributed by atoms with Crippen LogP contribution in [-0.4, -0.2) is 56.0 Å². The van der Waals surface area contributed by atoms with Gasteiger partial charge in [0, 0.05) is 32.4 Å². The second-order valence-corrected chi connectivity index (χ2v) is 5.48. The highest BCUT2D eigenvalue weighted by Crippen LogP contribution is 2.28. The number of hydrogen-bond acceptors (Lipinski definition) is 6. The van der Waals surface area contributed by atoms with Crippen molar-refractivity contribution in [1.29, 1.82) is 0 Å². The van der Waals surface area contributed by atoms with Gasteiger partial charge in [0.25, 0.3) is 11.8 Å². The van der Waals surface area contributed by atoms with Gasteiger partial charge < -0.3 is 14.5 Å². The van der Waals surface area contributed by atoms with Crippen LogP contribution in [0.2, 0.25) is 0 Å². The Morgan fingerprint density at radius 2 is 1.62 bits per heavy atom. The van der Waals surface area contributed by atoms with Crippen molar-refractivity contribution in [2.24, 2.45) is 0 Å². The van der Waals surface area contributed by atoms with Crippen LogP contribution in [0.25, 0.3) is 0 Å². The standard InChI is InChI=1S/C16H18N4O4/c1-24-13-5-3-2-4-12(13)20-8-6-19(7-9-20)10-11-14(21)17-16(23)18-15(11)22/h2-5,10H,6-9H2,1H3,(H2,17,18,21,22,23). The van der Waals surface area contributed by atoms with E-state index in [1.54, 1.807) is 7.11 Å². The van der Waals surface area contributed by atoms with Crippen LogP contribution >= 0.6 is 0 Å². The number of hydrogen-bond donors (Lipinski definition) is 2. The Kier molecular flexibility index (Phi) is 4.37. The summed E-state index contributed by atoms with van der Waals surface area (Å²) < 4.78 is 5.38. The summed E-state index contributed by atoms with van der Waals surface area (Å²) in [4.78, 5) is 38.6. The summed E-state index contributed by atoms with van der Waals surface area (Å²) in [6, 6.07) is 7.01. The highest BCUT2D eigenvalue weighted by molar-refractivity contribution is 6.28. The maximum Gasteiger partial charge on any atom is 0.328 e. The molecule has 2 fully saturated rings. The second kappa shape index (κ2) is 6.61. The summed E-state index contributed by atoms with van der Waals surface area (Å²) in [5.41, 5.74) is 0.964. The highest BCUT2D eigenvalue weighted by Gasteiger charge is 2.29. The molecule has 2 saturated heterocycles. The molecule has 2 N–H and O–H groups in total. The van der Waals surface area contributed by atoms with Gasteiger partial charge in [-0.1, -0.05) is 12.1 Å². The Morgan fingerprint density at radius 1 is 1.00 bits per heavy atom. The van der Waals surface area contributed by atoms with Gasteiger partial charge in [0.2, 0.25) is 0 Å². The predicted octanol–water partition coefficient (Wildman–Crippen LogP) is 0.0671. The van der Waals surface area contributed by atoms with Crippen LogP contribution in [0.3, 0.4) is 0 Å². The number of barbiturate groups is 1. The van der Waals surface area contributed by atoms with Crippen LogP contribution in [0.4, 0.5) is 10.5 Å². The number of imide groups is 2. The minimum absolute atomic E-state index is 0.0552. The molecule has 2 aliphatic rings. The number of benzene rings is 1. The van der Waals surface area contributed by atoms with E-state index in [-0.39, 0.29) is 5.57 Å². The van der Waals surface area contributed by atoms with Gasteiger partial charge in [-0.25, -0.2) is 4.79 Å². The van der Waals surface area contributed by atoms with Crippen molar-refractivity contribution >= 4 is 23.5 Å². The third-order valence-corrected chi connectivity index (χ3v) is 4.00. The third-order valence-electron chi connectivity index (χ3n) is 4.00. The number of ether oxygens (including phenoxy) is 1. The zero-order valence-corrected chi connectivity index (χ0v) is 13.2. The molecule has 24 heavy (non-hydrogen) atoms. The van der Waals surface area contributed by atoms with E-state index in [1.807, 2.05) is 29.2 Å². The monoisotopic (exact) mass is 330 g/mol. The first kappa shape index (κ1) is 15.9. The Balaban J connectivity index is 1.67. The number of para-hydroxylation sites is 2. The summed E-state index contributed by atoms with van der Waals surface area (Å²) >= 11 is 0. The van der Waals surface area contributed by atoms with Crippen molar-refractivity contribution in [3.05, 3.63) is 36.0 Å². The first-order valence-electron chi connectivity index (χ1n) is 7.59. The molecule has 1 aromatic rings. The Morgan fingerprint density at radius 3 is 2.25 bits per heavy atom. The van der Waals surface area contributed by atoms with E-state index in [1.165, 1.54) is 6.20 Å². The lowest BCUT2D eigenvalue weighted by molar-refractivity contribution is -0.124. The lowest BCUT2D eigenvalue weighted by Crippen LogP contribution is -2.52. The molecule has 2 aliphatic heterocycles. The molecular weight excluding hydrogens is 312 g/mol. The van der Waals surface area contributed by atoms with Crippen LogP contribution in [0, 0.1) is 0 Å². The maximum absolute atomic E-state index is 11.7. The van der Waals surface area contributed by atoms with Crippen molar-refractivity contribution < 1.29 is 19.1 Å². The summed E-state index contributed by atoms with van der Waals surface area (Å²) in [6.45, 7) is 2.75. The zero-order valence-electron chi connectivity index (χ0n) is 13.2. The average molecular weight is 330 g/mol. The smallest absolute Gasteiger partial charge is 0.328 e. The molecule has 0 unspecified atom stereocenters. The third kappa shape index (κ3) is 3.17. The van der Waals surface area contributed by atoms with Gasteiger partial charge >= 0.3 is 6.03 Å². The SMILES string of the molecule is COc1ccccc1N1CCN(C=C2C(=O)NC(=O)NC2=O)CC1. The van der Waals surface area contributed by atoms with Crippen LogP contribution in [0.5, 0.6) is 5.75 Å². The lowest BCUT2D eigenvalue weighted by atomic mass is 10.2. The van der Waals surface area contributed by atoms with E-state index in [0.29, 0.717) is 13.1 Å². The second-order valence-electron chi connectivity index (χ2n) is 5.48. The number of anilines is 1. The quantitative estimate of drug-likeness (QED) is 0.602. The summed E-state index contributed by atoms with van der Waals surface area (Å²) in [5, 5.41) is 4.13. The van der Waals surface area contributed by atoms with Gasteiger partial charge in [-0.3, -0.25) is 20.2 Å². The fourth-order valence-electron chi connectivity index (χ4n) is 2.76. The Bertz CT molecular complexity index is 686. The maximum atomic E-state index is 11.7. The van der Waals surface area contributed by atoms with Gasteiger partial charge in [-0.2, -0.15) is 0 Å². The van der Waals surface area contributed by atoms with Crippen LogP contribution in [0.15, 0.2) is 36.0 Å². The van der Waals surface area contributed by atoms with Gasteiger partial charge in [-0.05, 0) is 12.1 Å². The molecule has 3 rings (SSSR count). The molecule has 126 valence electrons. The highest BCUT2D eigenvalue weighted by atomic mass is 16.5. The van der Waals surface area contributed by atoms with Crippen LogP contribution in [0.1, 0.15) is 0 Å². The van der Waals surface area contributed by atoms with Gasteiger partial charge in [-0.15, -0.1) is 0 Å². The number of amides is 4. The fourth-order valence-corrected chi connectivity index (χ4v) is 2.76. The fraction of sp³-hybridized carbons (Fsp3) is 0.312. The van der Waals surface area contributed by atoms with E-state index in [4.69, 9.17) is 4.74 Å². The molecule has 0 aromatic heterocycles. The predicted molar refractivity (Wildman–Crippen MR) is 86.5 cm³/mol. The number of carbonyl (C=O) groups is 3. The average Bonchev–Trinajstić information content (AvgIpc) is 2.58. The van der Waals surface area contributed by atoms with Gasteiger partial charge in [0.1, 0.15) is 11.3 Å². The number of carbonyl (C=O) groups excluding carboxylic acids is 3. The number of nitrogens with one attached hydrogen (secondary N) is 2. The first-order valence-corrected chi connectivity index (χ1v) is 7.59. The lowest BCUT2D eigenvalue weighted by Gasteiger charge is -2.36. The molecule has 1 aromatic carbocycles. The van der Waals surface area contributed by atoms with Crippen molar-refractivity contribution in [2.45, 2.75) is 0 Å². The molecule has 0 bridgehead atoms. The van der Waals surface area contributed by atoms with Crippen molar-refractivity contribution in [3.8, 4) is 5.75 Å². The largest absolute Gasteiger partial charge is 0.495 e. The van der Waals surface area contributed by atoms with E-state index in [0.717, 1.165) is 24.5 Å². The van der Waals surface area contributed by atoms with E-state index in [9.17, 15) is 14.4 Å². The molecule has 4 amide bonds. The van der Waals surface area contributed by atoms with Crippen molar-refractivity contribution in [1.82, 2.24) is 15.5 Å². The first-order chi connectivity index (χ1) is 11.6. The van der Waals surface area contributed by atoms with E-state index < -0.39 is 17.8 Å². The minimum Gasteiger partial charge on any atom is -0.495 e. The van der Waals surface area contributed by atoms with Gasteiger partial charge in [0.15, 0.2) is 0 Å². The molecular formula is C16H18N4O4. The number of methoxy groups -OCH3 is 1. The normalized spacial score (nSPS) is 18.2. The number of nitrogens with zero attached hydrogens (tertiary/aromatic N) is 2. The minimum atomic E-state index is -0.789. The number of rotatable bonds is 3. The summed E-state index contributed by atoms with van der Waals surface area (Å²) in [6.07, 6.45) is 1.51.